The number of carbonyl (C=O) groups excluding carboxylic acids is 2. The Labute approximate surface area is 184 Å². The van der Waals surface area contributed by atoms with E-state index < -0.39 is 0 Å². The van der Waals surface area contributed by atoms with Gasteiger partial charge in [-0.3, -0.25) is 14.5 Å². The number of likely N-dealkylation sites (tertiary alicyclic amines) is 1. The summed E-state index contributed by atoms with van der Waals surface area (Å²) in [4.78, 5) is 33.0. The standard InChI is InChI=1S/C24H34N4O3/c1-18(23(29)25-9-4-10-27-13-15-31-16-14-27)19-7-11-28(12-8-19)24(30)22-17-20-5-2-3-6-21(20)26-22/h2-3,5-6,17-19,26H,4,7-16H2,1H3,(H,25,29)/t18-/m1/s1. The summed E-state index contributed by atoms with van der Waals surface area (Å²) in [5.41, 5.74) is 1.63. The number of hydrogen-bond donors (Lipinski definition) is 2. The van der Waals surface area contributed by atoms with Crippen molar-refractivity contribution in [2.75, 3.05) is 52.5 Å². The third kappa shape index (κ3) is 5.46. The fraction of sp³-hybridized carbons (Fsp3) is 0.583. The first-order chi connectivity index (χ1) is 15.1. The van der Waals surface area contributed by atoms with Crippen LogP contribution < -0.4 is 5.32 Å². The third-order valence-electron chi connectivity index (χ3n) is 6.76. The van der Waals surface area contributed by atoms with Crippen molar-refractivity contribution in [3.63, 3.8) is 0 Å². The van der Waals surface area contributed by atoms with Crippen LogP contribution in [-0.2, 0) is 9.53 Å². The maximum Gasteiger partial charge on any atom is 0.270 e. The van der Waals surface area contributed by atoms with Crippen LogP contribution in [0.1, 0.15) is 36.7 Å². The van der Waals surface area contributed by atoms with Crippen LogP contribution in [0, 0.1) is 11.8 Å². The van der Waals surface area contributed by atoms with E-state index in [2.05, 4.69) is 15.2 Å². The number of piperidine rings is 1. The molecule has 4 rings (SSSR count). The van der Waals surface area contributed by atoms with E-state index >= 15 is 0 Å². The van der Waals surface area contributed by atoms with Gasteiger partial charge in [0.1, 0.15) is 5.69 Å². The molecule has 1 atom stereocenters. The number of fused-ring (bicyclic) bond motifs is 1. The fourth-order valence-electron chi connectivity index (χ4n) is 4.68. The molecular weight excluding hydrogens is 392 g/mol. The Hall–Kier alpha value is -2.38. The van der Waals surface area contributed by atoms with Crippen molar-refractivity contribution >= 4 is 22.7 Å². The second kappa shape index (κ2) is 10.3. The zero-order chi connectivity index (χ0) is 21.6. The number of rotatable bonds is 7. The van der Waals surface area contributed by atoms with Crippen molar-refractivity contribution in [1.29, 1.82) is 0 Å². The molecule has 0 unspecified atom stereocenters. The van der Waals surface area contributed by atoms with E-state index in [1.165, 1.54) is 0 Å². The molecule has 0 saturated carbocycles. The Morgan fingerprint density at radius 2 is 1.90 bits per heavy atom. The van der Waals surface area contributed by atoms with Crippen LogP contribution in [0.15, 0.2) is 30.3 Å². The lowest BCUT2D eigenvalue weighted by molar-refractivity contribution is -0.126. The van der Waals surface area contributed by atoms with Crippen molar-refractivity contribution in [3.8, 4) is 0 Å². The van der Waals surface area contributed by atoms with Crippen LogP contribution in [0.5, 0.6) is 0 Å². The van der Waals surface area contributed by atoms with Gasteiger partial charge >= 0.3 is 0 Å². The quantitative estimate of drug-likeness (QED) is 0.667. The molecule has 7 nitrogen and oxygen atoms in total. The predicted molar refractivity (Wildman–Crippen MR) is 121 cm³/mol. The van der Waals surface area contributed by atoms with E-state index in [-0.39, 0.29) is 17.7 Å². The topological polar surface area (TPSA) is 77.7 Å². The lowest BCUT2D eigenvalue weighted by Crippen LogP contribution is -2.43. The highest BCUT2D eigenvalue weighted by molar-refractivity contribution is 5.98. The van der Waals surface area contributed by atoms with Crippen LogP contribution >= 0.6 is 0 Å². The molecule has 0 bridgehead atoms. The van der Waals surface area contributed by atoms with E-state index in [0.717, 1.165) is 69.6 Å². The van der Waals surface area contributed by atoms with Gasteiger partial charge in [0.25, 0.3) is 5.91 Å². The van der Waals surface area contributed by atoms with Crippen LogP contribution in [0.2, 0.25) is 0 Å². The number of H-pyrrole nitrogens is 1. The Balaban J connectivity index is 1.19. The molecule has 0 radical (unpaired) electrons. The lowest BCUT2D eigenvalue weighted by Gasteiger charge is -2.34. The summed E-state index contributed by atoms with van der Waals surface area (Å²) in [5, 5.41) is 4.17. The van der Waals surface area contributed by atoms with Gasteiger partial charge < -0.3 is 19.9 Å². The molecule has 2 N–H and O–H groups in total. The maximum atomic E-state index is 12.9. The average Bonchev–Trinajstić information content (AvgIpc) is 3.26. The minimum Gasteiger partial charge on any atom is -0.379 e. The second-order valence-corrected chi connectivity index (χ2v) is 8.79. The summed E-state index contributed by atoms with van der Waals surface area (Å²) in [5.74, 6) is 0.497. The number of aromatic amines is 1. The lowest BCUT2D eigenvalue weighted by atomic mass is 9.84. The van der Waals surface area contributed by atoms with Crippen LogP contribution in [0.25, 0.3) is 10.9 Å². The Morgan fingerprint density at radius 1 is 1.16 bits per heavy atom. The molecule has 168 valence electrons. The smallest absolute Gasteiger partial charge is 0.270 e. The highest BCUT2D eigenvalue weighted by Gasteiger charge is 2.30. The average molecular weight is 427 g/mol. The van der Waals surface area contributed by atoms with Gasteiger partial charge in [0.05, 0.1) is 13.2 Å². The Morgan fingerprint density at radius 3 is 2.65 bits per heavy atom. The fourth-order valence-corrected chi connectivity index (χ4v) is 4.68. The number of amides is 2. The van der Waals surface area contributed by atoms with Gasteiger partial charge in [0.2, 0.25) is 5.91 Å². The molecule has 0 aliphatic carbocycles. The van der Waals surface area contributed by atoms with Crippen molar-refractivity contribution < 1.29 is 14.3 Å². The first kappa shape index (κ1) is 21.8. The number of para-hydroxylation sites is 1. The van der Waals surface area contributed by atoms with E-state index in [9.17, 15) is 9.59 Å². The molecule has 31 heavy (non-hydrogen) atoms. The SMILES string of the molecule is C[C@@H](C(=O)NCCCN1CCOCC1)C1CCN(C(=O)c2cc3ccccc3[nH]2)CC1. The molecule has 2 aliphatic rings. The Kier molecular flexibility index (Phi) is 7.25. The number of aromatic nitrogens is 1. The van der Waals surface area contributed by atoms with Crippen molar-refractivity contribution in [3.05, 3.63) is 36.0 Å². The summed E-state index contributed by atoms with van der Waals surface area (Å²) in [6, 6.07) is 9.87. The first-order valence-corrected chi connectivity index (χ1v) is 11.6. The van der Waals surface area contributed by atoms with E-state index in [1.54, 1.807) is 0 Å². The van der Waals surface area contributed by atoms with Crippen LogP contribution in [0.4, 0.5) is 0 Å². The Bertz CT molecular complexity index is 849. The molecule has 3 heterocycles. The van der Waals surface area contributed by atoms with Gasteiger partial charge in [0.15, 0.2) is 0 Å². The van der Waals surface area contributed by atoms with Crippen LogP contribution in [-0.4, -0.2) is 79.1 Å². The van der Waals surface area contributed by atoms with Crippen LogP contribution in [0.3, 0.4) is 0 Å². The molecule has 1 aromatic carbocycles. The summed E-state index contributed by atoms with van der Waals surface area (Å²) in [7, 11) is 0. The van der Waals surface area contributed by atoms with E-state index in [0.29, 0.717) is 24.7 Å². The predicted octanol–water partition coefficient (Wildman–Crippen LogP) is 2.49. The summed E-state index contributed by atoms with van der Waals surface area (Å²) >= 11 is 0. The summed E-state index contributed by atoms with van der Waals surface area (Å²) < 4.78 is 5.37. The van der Waals surface area contributed by atoms with Crippen molar-refractivity contribution in [2.24, 2.45) is 11.8 Å². The summed E-state index contributed by atoms with van der Waals surface area (Å²) in [6.07, 6.45) is 2.71. The zero-order valence-corrected chi connectivity index (χ0v) is 18.4. The number of nitrogens with one attached hydrogen (secondary N) is 2. The van der Waals surface area contributed by atoms with Gasteiger partial charge in [-0.15, -0.1) is 0 Å². The second-order valence-electron chi connectivity index (χ2n) is 8.79. The maximum absolute atomic E-state index is 12.9. The third-order valence-corrected chi connectivity index (χ3v) is 6.76. The van der Waals surface area contributed by atoms with Gasteiger partial charge in [0, 0.05) is 49.5 Å². The monoisotopic (exact) mass is 426 g/mol. The largest absolute Gasteiger partial charge is 0.379 e. The molecule has 0 spiro atoms. The minimum atomic E-state index is -0.0197. The normalized spacial score (nSPS) is 19.5. The van der Waals surface area contributed by atoms with E-state index in [1.807, 2.05) is 42.2 Å². The summed E-state index contributed by atoms with van der Waals surface area (Å²) in [6.45, 7) is 8.75. The van der Waals surface area contributed by atoms with Crippen molar-refractivity contribution in [1.82, 2.24) is 20.1 Å². The molecular formula is C24H34N4O3. The molecule has 2 aliphatic heterocycles. The van der Waals surface area contributed by atoms with Gasteiger partial charge in [-0.2, -0.15) is 0 Å². The molecule has 2 aromatic rings. The number of hydrogen-bond acceptors (Lipinski definition) is 4. The van der Waals surface area contributed by atoms with Crippen molar-refractivity contribution in [2.45, 2.75) is 26.2 Å². The molecule has 2 amide bonds. The molecule has 2 saturated heterocycles. The number of benzene rings is 1. The highest BCUT2D eigenvalue weighted by Crippen LogP contribution is 2.26. The van der Waals surface area contributed by atoms with E-state index in [4.69, 9.17) is 4.74 Å². The molecule has 1 aromatic heterocycles. The molecule has 2 fully saturated rings. The number of carbonyl (C=O) groups is 2. The number of nitrogens with zero attached hydrogens (tertiary/aromatic N) is 2. The number of ether oxygens (including phenoxy) is 1. The first-order valence-electron chi connectivity index (χ1n) is 11.6. The highest BCUT2D eigenvalue weighted by atomic mass is 16.5. The molecule has 7 heteroatoms. The van der Waals surface area contributed by atoms with Gasteiger partial charge in [-0.1, -0.05) is 25.1 Å². The number of morpholine rings is 1. The van der Waals surface area contributed by atoms with Gasteiger partial charge in [-0.05, 0) is 43.9 Å². The van der Waals surface area contributed by atoms with Gasteiger partial charge in [-0.25, -0.2) is 0 Å². The minimum absolute atomic E-state index is 0.0197. The zero-order valence-electron chi connectivity index (χ0n) is 18.4.